The first-order valence-corrected chi connectivity index (χ1v) is 7.82. The maximum absolute atomic E-state index is 12.6. The van der Waals surface area contributed by atoms with Crippen molar-refractivity contribution in [2.75, 3.05) is 11.6 Å². The molecular weight excluding hydrogens is 328 g/mol. The van der Waals surface area contributed by atoms with Crippen LogP contribution < -0.4 is 15.2 Å². The van der Waals surface area contributed by atoms with Crippen LogP contribution in [0.4, 0.5) is 5.69 Å². The van der Waals surface area contributed by atoms with Crippen LogP contribution >= 0.6 is 11.6 Å². The Labute approximate surface area is 144 Å². The number of nitrogens with zero attached hydrogens (tertiary/aromatic N) is 1. The molecule has 2 aromatic rings. The van der Waals surface area contributed by atoms with Gasteiger partial charge >= 0.3 is 0 Å². The van der Waals surface area contributed by atoms with Gasteiger partial charge in [-0.1, -0.05) is 35.9 Å². The fourth-order valence-electron chi connectivity index (χ4n) is 2.40. The van der Waals surface area contributed by atoms with Crippen molar-refractivity contribution in [1.29, 1.82) is 0 Å². The smallest absolute Gasteiger partial charge is 0.282 e. The minimum atomic E-state index is -0.466. The van der Waals surface area contributed by atoms with Crippen LogP contribution in [0, 0.1) is 0 Å². The third kappa shape index (κ3) is 3.12. The largest absolute Gasteiger partial charge is 0.493 e. The summed E-state index contributed by atoms with van der Waals surface area (Å²) in [4.78, 5) is 24.8. The lowest BCUT2D eigenvalue weighted by molar-refractivity contribution is -0.117. The van der Waals surface area contributed by atoms with Crippen molar-refractivity contribution >= 4 is 35.2 Å². The van der Waals surface area contributed by atoms with Crippen LogP contribution in [0.3, 0.4) is 0 Å². The van der Waals surface area contributed by atoms with Crippen LogP contribution in [0.5, 0.6) is 5.75 Å². The molecule has 2 aromatic carbocycles. The van der Waals surface area contributed by atoms with Crippen molar-refractivity contribution in [3.8, 4) is 5.75 Å². The molecule has 24 heavy (non-hydrogen) atoms. The van der Waals surface area contributed by atoms with Crippen LogP contribution in [0.2, 0.25) is 5.02 Å². The van der Waals surface area contributed by atoms with Gasteiger partial charge in [0.1, 0.15) is 11.3 Å². The molecule has 0 atom stereocenters. The Morgan fingerprint density at radius 2 is 1.96 bits per heavy atom. The first-order valence-electron chi connectivity index (χ1n) is 7.44. The number of halogens is 1. The first kappa shape index (κ1) is 16.1. The number of hydrogen-bond acceptors (Lipinski definition) is 3. The molecule has 0 aromatic heterocycles. The van der Waals surface area contributed by atoms with Gasteiger partial charge in [0.05, 0.1) is 12.3 Å². The number of nitrogens with one attached hydrogen (secondary N) is 1. The Bertz CT molecular complexity index is 833. The van der Waals surface area contributed by atoms with Crippen LogP contribution in [0.1, 0.15) is 12.5 Å². The average molecular weight is 343 g/mol. The highest BCUT2D eigenvalue weighted by Crippen LogP contribution is 2.26. The summed E-state index contributed by atoms with van der Waals surface area (Å²) in [6.07, 6.45) is 1.53. The number of carbonyl (C=O) groups excluding carboxylic acids is 2. The van der Waals surface area contributed by atoms with Gasteiger partial charge in [-0.3, -0.25) is 15.0 Å². The van der Waals surface area contributed by atoms with Gasteiger partial charge in [-0.15, -0.1) is 0 Å². The number of ether oxygens (including phenoxy) is 1. The van der Waals surface area contributed by atoms with E-state index in [0.717, 1.165) is 0 Å². The summed E-state index contributed by atoms with van der Waals surface area (Å²) in [5.41, 5.74) is 3.76. The highest BCUT2D eigenvalue weighted by molar-refractivity contribution is 6.33. The third-order valence-corrected chi connectivity index (χ3v) is 3.71. The molecule has 0 radical (unpaired) electrons. The van der Waals surface area contributed by atoms with Crippen molar-refractivity contribution < 1.29 is 14.3 Å². The Balaban J connectivity index is 1.95. The Hall–Kier alpha value is -2.79. The fraction of sp³-hybridized carbons (Fsp3) is 0.111. The predicted molar refractivity (Wildman–Crippen MR) is 92.7 cm³/mol. The Morgan fingerprint density at radius 1 is 1.17 bits per heavy atom. The molecule has 0 aliphatic carbocycles. The fourth-order valence-corrected chi connectivity index (χ4v) is 2.58. The normalized spacial score (nSPS) is 15.8. The average Bonchev–Trinajstić information content (AvgIpc) is 2.85. The topological polar surface area (TPSA) is 58.6 Å². The number of benzene rings is 2. The number of anilines is 1. The van der Waals surface area contributed by atoms with Gasteiger partial charge in [0.25, 0.3) is 11.8 Å². The maximum Gasteiger partial charge on any atom is 0.282 e. The van der Waals surface area contributed by atoms with Gasteiger partial charge < -0.3 is 4.74 Å². The van der Waals surface area contributed by atoms with Crippen molar-refractivity contribution in [2.45, 2.75) is 6.92 Å². The maximum atomic E-state index is 12.6. The molecule has 2 amide bonds. The highest BCUT2D eigenvalue weighted by Gasteiger charge is 2.34. The summed E-state index contributed by atoms with van der Waals surface area (Å²) in [6.45, 7) is 2.37. The zero-order valence-electron chi connectivity index (χ0n) is 13.0. The van der Waals surface area contributed by atoms with Crippen molar-refractivity contribution in [1.82, 2.24) is 5.43 Å². The summed E-state index contributed by atoms with van der Waals surface area (Å²) in [7, 11) is 0. The minimum absolute atomic E-state index is 0.0436. The van der Waals surface area contributed by atoms with E-state index >= 15 is 0 Å². The minimum Gasteiger partial charge on any atom is -0.493 e. The number of carbonyl (C=O) groups is 2. The zero-order valence-corrected chi connectivity index (χ0v) is 13.7. The number of para-hydroxylation sites is 1. The van der Waals surface area contributed by atoms with E-state index in [1.807, 2.05) is 19.1 Å². The highest BCUT2D eigenvalue weighted by atomic mass is 35.5. The number of amides is 2. The summed E-state index contributed by atoms with van der Waals surface area (Å²) >= 11 is 5.95. The Morgan fingerprint density at radius 3 is 2.71 bits per heavy atom. The van der Waals surface area contributed by atoms with Gasteiger partial charge in [0.2, 0.25) is 0 Å². The third-order valence-electron chi connectivity index (χ3n) is 3.48. The van der Waals surface area contributed by atoms with Crippen molar-refractivity contribution in [2.24, 2.45) is 0 Å². The monoisotopic (exact) mass is 342 g/mol. The van der Waals surface area contributed by atoms with Crippen LogP contribution in [0.15, 0.2) is 54.1 Å². The molecule has 5 nitrogen and oxygen atoms in total. The van der Waals surface area contributed by atoms with E-state index in [1.165, 1.54) is 11.1 Å². The molecule has 1 saturated heterocycles. The van der Waals surface area contributed by atoms with E-state index in [0.29, 0.717) is 28.6 Å². The van der Waals surface area contributed by atoms with Gasteiger partial charge in [-0.2, -0.15) is 0 Å². The van der Waals surface area contributed by atoms with Crippen molar-refractivity contribution in [3.63, 3.8) is 0 Å². The van der Waals surface area contributed by atoms with Gasteiger partial charge in [-0.05, 0) is 37.3 Å². The summed E-state index contributed by atoms with van der Waals surface area (Å²) in [6, 6.07) is 14.0. The van der Waals surface area contributed by atoms with Gasteiger partial charge in [0.15, 0.2) is 0 Å². The lowest BCUT2D eigenvalue weighted by Gasteiger charge is -2.14. The second kappa shape index (κ2) is 6.76. The summed E-state index contributed by atoms with van der Waals surface area (Å²) < 4.78 is 5.53. The SMILES string of the molecule is CCOc1ccccc1/C=C1/C(=O)NN(c2cccc(Cl)c2)C1=O. The van der Waals surface area contributed by atoms with E-state index in [2.05, 4.69) is 5.43 Å². The molecule has 1 N–H and O–H groups in total. The second-order valence-corrected chi connectivity index (χ2v) is 5.53. The molecule has 0 bridgehead atoms. The molecule has 0 saturated carbocycles. The van der Waals surface area contributed by atoms with E-state index in [4.69, 9.17) is 16.3 Å². The summed E-state index contributed by atoms with van der Waals surface area (Å²) in [5, 5.41) is 1.66. The van der Waals surface area contributed by atoms with E-state index in [9.17, 15) is 9.59 Å². The van der Waals surface area contributed by atoms with Crippen LogP contribution in [-0.4, -0.2) is 18.4 Å². The van der Waals surface area contributed by atoms with Crippen LogP contribution in [0.25, 0.3) is 6.08 Å². The predicted octanol–water partition coefficient (Wildman–Crippen LogP) is 3.20. The molecule has 3 rings (SSSR count). The number of hydrazine groups is 1. The second-order valence-electron chi connectivity index (χ2n) is 5.09. The molecule has 1 aliphatic rings. The van der Waals surface area contributed by atoms with E-state index < -0.39 is 11.8 Å². The molecular formula is C18H15ClN2O3. The molecule has 0 unspecified atom stereocenters. The molecule has 1 heterocycles. The van der Waals surface area contributed by atoms with E-state index in [1.54, 1.807) is 36.4 Å². The van der Waals surface area contributed by atoms with E-state index in [-0.39, 0.29) is 5.57 Å². The van der Waals surface area contributed by atoms with Crippen LogP contribution in [-0.2, 0) is 9.59 Å². The number of rotatable bonds is 4. The molecule has 6 heteroatoms. The molecule has 1 fully saturated rings. The zero-order chi connectivity index (χ0) is 17.1. The van der Waals surface area contributed by atoms with Gasteiger partial charge in [-0.25, -0.2) is 5.01 Å². The molecule has 0 spiro atoms. The van der Waals surface area contributed by atoms with Crippen molar-refractivity contribution in [3.05, 3.63) is 64.7 Å². The quantitative estimate of drug-likeness (QED) is 0.685. The lowest BCUT2D eigenvalue weighted by atomic mass is 10.1. The first-order chi connectivity index (χ1) is 11.6. The standard InChI is InChI=1S/C18H15ClN2O3/c1-2-24-16-9-4-3-6-12(16)10-15-17(22)20-21(18(15)23)14-8-5-7-13(19)11-14/h3-11H,2H2,1H3,(H,20,22)/b15-10-. The summed E-state index contributed by atoms with van der Waals surface area (Å²) in [5.74, 6) is -0.283. The lowest BCUT2D eigenvalue weighted by Crippen LogP contribution is -2.35. The van der Waals surface area contributed by atoms with Gasteiger partial charge in [0, 0.05) is 10.6 Å². The molecule has 1 aliphatic heterocycles. The Kier molecular flexibility index (Phi) is 4.53. The number of hydrogen-bond donors (Lipinski definition) is 1. The molecule has 122 valence electrons.